The molecule has 0 saturated heterocycles. The molecule has 0 radical (unpaired) electrons. The van der Waals surface area contributed by atoms with Crippen molar-refractivity contribution in [2.75, 3.05) is 13.2 Å². The molecule has 72 valence electrons. The van der Waals surface area contributed by atoms with Crippen LogP contribution in [0.3, 0.4) is 0 Å². The van der Waals surface area contributed by atoms with Gasteiger partial charge in [0.15, 0.2) is 0 Å². The summed E-state index contributed by atoms with van der Waals surface area (Å²) in [7, 11) is 0. The lowest BCUT2D eigenvalue weighted by atomic mass is 10.1. The first-order valence-corrected chi connectivity index (χ1v) is 4.12. The van der Waals surface area contributed by atoms with Crippen LogP contribution >= 0.6 is 0 Å². The molecular weight excluding hydrogens is 156 g/mol. The molecule has 0 bridgehead atoms. The Morgan fingerprint density at radius 1 is 1.42 bits per heavy atom. The van der Waals surface area contributed by atoms with Gasteiger partial charge in [0.2, 0.25) is 0 Å². The Morgan fingerprint density at radius 2 is 2.00 bits per heavy atom. The molecule has 3 N–H and O–H groups in total. The molecular formula is C8H18N2O2. The van der Waals surface area contributed by atoms with Gasteiger partial charge in [0, 0.05) is 18.7 Å². The average molecular weight is 174 g/mol. The molecule has 0 heterocycles. The predicted molar refractivity (Wildman–Crippen MR) is 48.0 cm³/mol. The van der Waals surface area contributed by atoms with Gasteiger partial charge in [0.05, 0.1) is 0 Å². The summed E-state index contributed by atoms with van der Waals surface area (Å²) in [5.74, 6) is 0. The molecule has 0 aromatic heterocycles. The van der Waals surface area contributed by atoms with E-state index in [1.54, 1.807) is 0 Å². The van der Waals surface area contributed by atoms with Gasteiger partial charge < -0.3 is 15.7 Å². The first-order chi connectivity index (χ1) is 5.45. The van der Waals surface area contributed by atoms with E-state index in [1.807, 2.05) is 20.8 Å². The lowest BCUT2D eigenvalue weighted by Gasteiger charge is -2.20. The van der Waals surface area contributed by atoms with Crippen molar-refractivity contribution in [1.29, 1.82) is 0 Å². The van der Waals surface area contributed by atoms with Gasteiger partial charge >= 0.3 is 6.03 Å². The van der Waals surface area contributed by atoms with E-state index in [-0.39, 0.29) is 18.2 Å². The van der Waals surface area contributed by atoms with E-state index in [9.17, 15) is 4.79 Å². The zero-order chi connectivity index (χ0) is 9.61. The van der Waals surface area contributed by atoms with Crippen molar-refractivity contribution in [2.45, 2.75) is 32.7 Å². The number of urea groups is 1. The number of hydrogen-bond acceptors (Lipinski definition) is 2. The normalized spacial score (nSPS) is 11.0. The van der Waals surface area contributed by atoms with E-state index in [1.165, 1.54) is 0 Å². The van der Waals surface area contributed by atoms with Gasteiger partial charge in [-0.25, -0.2) is 4.79 Å². The van der Waals surface area contributed by atoms with Gasteiger partial charge in [0.1, 0.15) is 0 Å². The molecule has 0 aromatic rings. The molecule has 0 aliphatic heterocycles. The molecule has 2 amide bonds. The SMILES string of the molecule is CC(C)(C)NC(=O)NCCCO. The lowest BCUT2D eigenvalue weighted by Crippen LogP contribution is -2.46. The fourth-order valence-electron chi connectivity index (χ4n) is 0.666. The van der Waals surface area contributed by atoms with Crippen LogP contribution in [-0.4, -0.2) is 29.8 Å². The van der Waals surface area contributed by atoms with Crippen molar-refractivity contribution in [3.05, 3.63) is 0 Å². The smallest absolute Gasteiger partial charge is 0.315 e. The Hall–Kier alpha value is -0.770. The molecule has 0 aliphatic rings. The van der Waals surface area contributed by atoms with E-state index < -0.39 is 0 Å². The van der Waals surface area contributed by atoms with Crippen LogP contribution in [0, 0.1) is 0 Å². The summed E-state index contributed by atoms with van der Waals surface area (Å²) in [6.45, 7) is 6.37. The first-order valence-electron chi connectivity index (χ1n) is 4.12. The fourth-order valence-corrected chi connectivity index (χ4v) is 0.666. The molecule has 0 unspecified atom stereocenters. The van der Waals surface area contributed by atoms with E-state index >= 15 is 0 Å². The summed E-state index contributed by atoms with van der Waals surface area (Å²) in [6.07, 6.45) is 0.595. The summed E-state index contributed by atoms with van der Waals surface area (Å²) in [5, 5.41) is 13.8. The fraction of sp³-hybridized carbons (Fsp3) is 0.875. The van der Waals surface area contributed by atoms with Gasteiger partial charge in [-0.3, -0.25) is 0 Å². The number of aliphatic hydroxyl groups is 1. The minimum Gasteiger partial charge on any atom is -0.396 e. The van der Waals surface area contributed by atoms with Crippen LogP contribution in [0.4, 0.5) is 4.79 Å². The first kappa shape index (κ1) is 11.2. The van der Waals surface area contributed by atoms with Crippen molar-refractivity contribution in [3.8, 4) is 0 Å². The molecule has 4 heteroatoms. The largest absolute Gasteiger partial charge is 0.396 e. The maximum absolute atomic E-state index is 11.0. The standard InChI is InChI=1S/C8H18N2O2/c1-8(2,3)10-7(12)9-5-4-6-11/h11H,4-6H2,1-3H3,(H2,9,10,12). The lowest BCUT2D eigenvalue weighted by molar-refractivity contribution is 0.229. The monoisotopic (exact) mass is 174 g/mol. The minimum absolute atomic E-state index is 0.107. The Bertz CT molecular complexity index is 140. The summed E-state index contributed by atoms with van der Waals surface area (Å²) in [6, 6.07) is -0.184. The van der Waals surface area contributed by atoms with E-state index in [0.29, 0.717) is 13.0 Å². The third kappa shape index (κ3) is 7.34. The van der Waals surface area contributed by atoms with Gasteiger partial charge in [-0.15, -0.1) is 0 Å². The number of hydrogen-bond donors (Lipinski definition) is 3. The van der Waals surface area contributed by atoms with Gasteiger partial charge in [0.25, 0.3) is 0 Å². The van der Waals surface area contributed by atoms with E-state index in [2.05, 4.69) is 10.6 Å². The molecule has 0 aromatic carbocycles. The molecule has 0 aliphatic carbocycles. The number of carbonyl (C=O) groups is 1. The summed E-state index contributed by atoms with van der Waals surface area (Å²) >= 11 is 0. The van der Waals surface area contributed by atoms with Crippen molar-refractivity contribution in [2.24, 2.45) is 0 Å². The average Bonchev–Trinajstić information content (AvgIpc) is 1.84. The van der Waals surface area contributed by atoms with Crippen LogP contribution in [0.5, 0.6) is 0 Å². The number of aliphatic hydroxyl groups excluding tert-OH is 1. The van der Waals surface area contributed by atoms with Crippen molar-refractivity contribution in [1.82, 2.24) is 10.6 Å². The second-order valence-corrected chi connectivity index (χ2v) is 3.71. The number of nitrogens with one attached hydrogen (secondary N) is 2. The third-order valence-electron chi connectivity index (χ3n) is 1.11. The summed E-state index contributed by atoms with van der Waals surface area (Å²) in [5.41, 5.74) is -0.205. The third-order valence-corrected chi connectivity index (χ3v) is 1.11. The Morgan fingerprint density at radius 3 is 2.42 bits per heavy atom. The van der Waals surface area contributed by atoms with Crippen LogP contribution in [0.2, 0.25) is 0 Å². The Balaban J connectivity index is 3.47. The molecule has 4 nitrogen and oxygen atoms in total. The van der Waals surface area contributed by atoms with Crippen LogP contribution in [0.1, 0.15) is 27.2 Å². The zero-order valence-corrected chi connectivity index (χ0v) is 7.98. The summed E-state index contributed by atoms with van der Waals surface area (Å²) < 4.78 is 0. The van der Waals surface area contributed by atoms with Gasteiger partial charge in [-0.1, -0.05) is 0 Å². The second-order valence-electron chi connectivity index (χ2n) is 3.71. The topological polar surface area (TPSA) is 61.4 Å². The van der Waals surface area contributed by atoms with Gasteiger partial charge in [-0.2, -0.15) is 0 Å². The van der Waals surface area contributed by atoms with E-state index in [4.69, 9.17) is 5.11 Å². The maximum atomic E-state index is 11.0. The highest BCUT2D eigenvalue weighted by Crippen LogP contribution is 1.96. The summed E-state index contributed by atoms with van der Waals surface area (Å²) in [4.78, 5) is 11.0. The van der Waals surface area contributed by atoms with Crippen molar-refractivity contribution >= 4 is 6.03 Å². The number of rotatable bonds is 3. The highest BCUT2D eigenvalue weighted by atomic mass is 16.3. The van der Waals surface area contributed by atoms with Crippen LogP contribution in [0.25, 0.3) is 0 Å². The van der Waals surface area contributed by atoms with E-state index in [0.717, 1.165) is 0 Å². The number of amides is 2. The van der Waals surface area contributed by atoms with Crippen LogP contribution < -0.4 is 10.6 Å². The molecule has 0 atom stereocenters. The molecule has 0 saturated carbocycles. The molecule has 0 fully saturated rings. The highest BCUT2D eigenvalue weighted by molar-refractivity contribution is 5.74. The Kier molecular flexibility index (Phi) is 4.66. The number of carbonyl (C=O) groups excluding carboxylic acids is 1. The molecule has 0 rings (SSSR count). The molecule has 12 heavy (non-hydrogen) atoms. The van der Waals surface area contributed by atoms with Crippen LogP contribution in [0.15, 0.2) is 0 Å². The zero-order valence-electron chi connectivity index (χ0n) is 7.98. The quantitative estimate of drug-likeness (QED) is 0.544. The maximum Gasteiger partial charge on any atom is 0.315 e. The van der Waals surface area contributed by atoms with Gasteiger partial charge in [-0.05, 0) is 27.2 Å². The molecule has 0 spiro atoms. The highest BCUT2D eigenvalue weighted by Gasteiger charge is 2.12. The van der Waals surface area contributed by atoms with Crippen molar-refractivity contribution in [3.63, 3.8) is 0 Å². The second kappa shape index (κ2) is 4.98. The van der Waals surface area contributed by atoms with Crippen molar-refractivity contribution < 1.29 is 9.90 Å². The predicted octanol–water partition coefficient (Wildman–Crippen LogP) is 0.467. The Labute approximate surface area is 73.3 Å². The van der Waals surface area contributed by atoms with Crippen LogP contribution in [-0.2, 0) is 0 Å². The minimum atomic E-state index is -0.205.